The summed E-state index contributed by atoms with van der Waals surface area (Å²) >= 11 is 1.07. The molecule has 0 N–H and O–H groups in total. The number of thiophene rings is 1. The molecule has 40 heavy (non-hydrogen) atoms. The summed E-state index contributed by atoms with van der Waals surface area (Å²) in [4.78, 5) is 58.4. The van der Waals surface area contributed by atoms with Crippen LogP contribution >= 0.6 is 11.3 Å². The highest BCUT2D eigenvalue weighted by atomic mass is 32.1. The van der Waals surface area contributed by atoms with Gasteiger partial charge in [-0.3, -0.25) is 19.0 Å². The van der Waals surface area contributed by atoms with Crippen molar-refractivity contribution in [2.75, 3.05) is 25.2 Å². The number of fused-ring (bicyclic) bond motifs is 2. The third kappa shape index (κ3) is 4.95. The number of ether oxygens (including phenoxy) is 3. The molecule has 10 nitrogen and oxygen atoms in total. The number of esters is 1. The first-order valence-corrected chi connectivity index (χ1v) is 13.5. The Balaban J connectivity index is 1.34. The predicted octanol–water partition coefficient (Wildman–Crippen LogP) is 4.19. The van der Waals surface area contributed by atoms with Crippen LogP contribution in [0.1, 0.15) is 45.5 Å². The number of ketones is 1. The van der Waals surface area contributed by atoms with E-state index >= 15 is 0 Å². The summed E-state index contributed by atoms with van der Waals surface area (Å²) in [6.45, 7) is 5.15. The van der Waals surface area contributed by atoms with Crippen LogP contribution in [0.5, 0.6) is 11.5 Å². The number of carbonyl (C=O) groups excluding carboxylic acids is 3. The van der Waals surface area contributed by atoms with Crippen LogP contribution in [0.15, 0.2) is 59.7 Å². The number of anilines is 1. The molecule has 3 heterocycles. The van der Waals surface area contributed by atoms with E-state index in [2.05, 4.69) is 4.98 Å². The van der Waals surface area contributed by atoms with Crippen LogP contribution in [0, 0.1) is 6.92 Å². The summed E-state index contributed by atoms with van der Waals surface area (Å²) in [5.74, 6) is 0.0396. The maximum absolute atomic E-state index is 13.5. The highest BCUT2D eigenvalue weighted by Crippen LogP contribution is 2.35. The normalized spacial score (nSPS) is 15.3. The molecule has 2 aromatic heterocycles. The van der Waals surface area contributed by atoms with Crippen molar-refractivity contribution in [3.63, 3.8) is 0 Å². The van der Waals surface area contributed by atoms with Gasteiger partial charge < -0.3 is 19.1 Å². The van der Waals surface area contributed by atoms with Crippen LogP contribution in [0.3, 0.4) is 0 Å². The quantitative estimate of drug-likeness (QED) is 0.179. The van der Waals surface area contributed by atoms with Crippen molar-refractivity contribution in [2.45, 2.75) is 32.9 Å². The van der Waals surface area contributed by atoms with Crippen molar-refractivity contribution in [2.24, 2.45) is 0 Å². The average molecular weight is 562 g/mol. The zero-order valence-corrected chi connectivity index (χ0v) is 23.2. The smallest absolute Gasteiger partial charge is 0.348 e. The van der Waals surface area contributed by atoms with Gasteiger partial charge in [-0.05, 0) is 56.7 Å². The Bertz CT molecular complexity index is 1680. The van der Waals surface area contributed by atoms with E-state index in [0.29, 0.717) is 33.1 Å². The molecule has 1 aliphatic heterocycles. The molecule has 0 spiro atoms. The van der Waals surface area contributed by atoms with Crippen LogP contribution in [0.2, 0.25) is 0 Å². The summed E-state index contributed by atoms with van der Waals surface area (Å²) < 4.78 is 17.8. The van der Waals surface area contributed by atoms with Crippen LogP contribution in [0.4, 0.5) is 5.69 Å². The zero-order valence-electron chi connectivity index (χ0n) is 22.4. The van der Waals surface area contributed by atoms with E-state index in [9.17, 15) is 19.2 Å². The number of Topliss-reactive ketones (excluding diaryl/α,β-unsaturated/α-hetero) is 1. The predicted molar refractivity (Wildman–Crippen MR) is 150 cm³/mol. The Hall–Kier alpha value is -4.51. The fraction of sp³-hybridized carbons (Fsp3) is 0.276. The van der Waals surface area contributed by atoms with Gasteiger partial charge in [0.1, 0.15) is 34.4 Å². The fourth-order valence-electron chi connectivity index (χ4n) is 4.52. The number of aromatic nitrogens is 2. The molecule has 2 unspecified atom stereocenters. The summed E-state index contributed by atoms with van der Waals surface area (Å²) in [7, 11) is 1.62. The summed E-state index contributed by atoms with van der Waals surface area (Å²) in [6, 6.07) is 13.1. The van der Waals surface area contributed by atoms with Gasteiger partial charge in [0, 0.05) is 12.6 Å². The Labute approximate surface area is 233 Å². The van der Waals surface area contributed by atoms with Crippen molar-refractivity contribution in [3.05, 3.63) is 81.2 Å². The van der Waals surface area contributed by atoms with Crippen LogP contribution in [-0.4, -0.2) is 53.6 Å². The number of aryl methyl sites for hydroxylation is 1. The SMILES string of the molecule is Cc1c(C(=O)OCCOc2ccccc2)sc2ncn(C(C)C(=O)c3ccc4c(c3)N(C)C(=O)C(C)O4)c(=O)c12. The molecule has 4 aromatic rings. The molecule has 2 aromatic carbocycles. The van der Waals surface area contributed by atoms with E-state index < -0.39 is 23.7 Å². The second kappa shape index (κ2) is 10.9. The Morgan fingerprint density at radius 1 is 1.12 bits per heavy atom. The first kappa shape index (κ1) is 27.1. The summed E-state index contributed by atoms with van der Waals surface area (Å²) in [6.07, 6.45) is 0.693. The largest absolute Gasteiger partial charge is 0.490 e. The van der Waals surface area contributed by atoms with E-state index in [0.717, 1.165) is 11.3 Å². The topological polar surface area (TPSA) is 117 Å². The second-order valence-corrected chi connectivity index (χ2v) is 10.4. The van der Waals surface area contributed by atoms with Gasteiger partial charge in [-0.2, -0.15) is 0 Å². The minimum absolute atomic E-state index is 0.0378. The van der Waals surface area contributed by atoms with Gasteiger partial charge in [0.05, 0.1) is 23.4 Å². The molecule has 5 rings (SSSR count). The van der Waals surface area contributed by atoms with Crippen molar-refractivity contribution in [3.8, 4) is 11.5 Å². The van der Waals surface area contributed by atoms with Crippen LogP contribution in [-0.2, 0) is 9.53 Å². The zero-order chi connectivity index (χ0) is 28.6. The molecular weight excluding hydrogens is 534 g/mol. The molecule has 1 aliphatic rings. The van der Waals surface area contributed by atoms with Gasteiger partial charge in [-0.25, -0.2) is 9.78 Å². The van der Waals surface area contributed by atoms with Crippen molar-refractivity contribution in [1.29, 1.82) is 0 Å². The number of nitrogens with zero attached hydrogens (tertiary/aromatic N) is 3. The number of amides is 1. The summed E-state index contributed by atoms with van der Waals surface area (Å²) in [5, 5.41) is 0.262. The van der Waals surface area contributed by atoms with Gasteiger partial charge >= 0.3 is 5.97 Å². The van der Waals surface area contributed by atoms with E-state index in [1.54, 1.807) is 58.2 Å². The third-order valence-electron chi connectivity index (χ3n) is 6.77. The molecule has 0 bridgehead atoms. The molecular formula is C29H27N3O7S. The average Bonchev–Trinajstić information content (AvgIpc) is 3.31. The van der Waals surface area contributed by atoms with Crippen molar-refractivity contribution >= 4 is 44.9 Å². The number of carbonyl (C=O) groups is 3. The van der Waals surface area contributed by atoms with Crippen LogP contribution < -0.4 is 19.9 Å². The molecule has 11 heteroatoms. The number of hydrogen-bond donors (Lipinski definition) is 0. The summed E-state index contributed by atoms with van der Waals surface area (Å²) in [5.41, 5.74) is 0.808. The van der Waals surface area contributed by atoms with E-state index in [1.165, 1.54) is 15.8 Å². The van der Waals surface area contributed by atoms with E-state index in [-0.39, 0.29) is 35.2 Å². The number of likely N-dealkylation sites (N-methyl/N-ethyl adjacent to an activating group) is 1. The number of hydrogen-bond acceptors (Lipinski definition) is 9. The molecule has 0 aliphatic carbocycles. The van der Waals surface area contributed by atoms with Gasteiger partial charge in [-0.1, -0.05) is 18.2 Å². The van der Waals surface area contributed by atoms with Gasteiger partial charge in [0.2, 0.25) is 0 Å². The first-order valence-electron chi connectivity index (χ1n) is 12.6. The Morgan fingerprint density at radius 2 is 1.88 bits per heavy atom. The van der Waals surface area contributed by atoms with Crippen molar-refractivity contribution in [1.82, 2.24) is 9.55 Å². The molecule has 0 saturated heterocycles. The third-order valence-corrected chi connectivity index (χ3v) is 7.95. The lowest BCUT2D eigenvalue weighted by Crippen LogP contribution is -2.42. The van der Waals surface area contributed by atoms with Crippen LogP contribution in [0.25, 0.3) is 10.2 Å². The maximum Gasteiger partial charge on any atom is 0.348 e. The lowest BCUT2D eigenvalue weighted by Gasteiger charge is -2.30. The maximum atomic E-state index is 13.5. The highest BCUT2D eigenvalue weighted by Gasteiger charge is 2.30. The first-order chi connectivity index (χ1) is 19.2. The molecule has 0 saturated carbocycles. The molecule has 0 radical (unpaired) electrons. The highest BCUT2D eigenvalue weighted by molar-refractivity contribution is 7.20. The minimum Gasteiger partial charge on any atom is -0.490 e. The lowest BCUT2D eigenvalue weighted by atomic mass is 10.0. The molecule has 206 valence electrons. The van der Waals surface area contributed by atoms with Gasteiger partial charge in [-0.15, -0.1) is 11.3 Å². The second-order valence-electron chi connectivity index (χ2n) is 9.37. The Morgan fingerprint density at radius 3 is 2.62 bits per heavy atom. The van der Waals surface area contributed by atoms with E-state index in [4.69, 9.17) is 14.2 Å². The number of benzene rings is 2. The number of para-hydroxylation sites is 1. The monoisotopic (exact) mass is 561 g/mol. The Kier molecular flexibility index (Phi) is 7.40. The van der Waals surface area contributed by atoms with Gasteiger partial charge in [0.25, 0.3) is 11.5 Å². The van der Waals surface area contributed by atoms with Gasteiger partial charge in [0.15, 0.2) is 11.9 Å². The standard InChI is InChI=1S/C29H27N3O7S/c1-16-23-26(40-25(16)29(36)38-13-12-37-20-8-6-5-7-9-20)30-15-32(28(23)35)17(2)24(33)19-10-11-22-21(14-19)31(4)27(34)18(3)39-22/h5-11,14-15,17-18H,12-13H2,1-4H3. The molecule has 1 amide bonds. The van der Waals surface area contributed by atoms with E-state index in [1.807, 2.05) is 18.2 Å². The van der Waals surface area contributed by atoms with Crippen molar-refractivity contribution < 1.29 is 28.6 Å². The fourth-order valence-corrected chi connectivity index (χ4v) is 5.55. The number of rotatable bonds is 8. The lowest BCUT2D eigenvalue weighted by molar-refractivity contribution is -0.125. The minimum atomic E-state index is -0.892. The molecule has 0 fully saturated rings. The molecule has 2 atom stereocenters.